The fourth-order valence-electron chi connectivity index (χ4n) is 3.69. The lowest BCUT2D eigenvalue weighted by atomic mass is 10.0. The van der Waals surface area contributed by atoms with Gasteiger partial charge in [-0.05, 0) is 60.1 Å². The number of unbranched alkanes of at least 4 members (excludes halogenated alkanes) is 1. The molecule has 182 valence electrons. The van der Waals surface area contributed by atoms with E-state index in [4.69, 9.17) is 0 Å². The van der Waals surface area contributed by atoms with Gasteiger partial charge in [0.2, 0.25) is 10.0 Å². The smallest absolute Gasteiger partial charge is 0.282 e. The third-order valence-electron chi connectivity index (χ3n) is 5.56. The second-order valence-corrected chi connectivity index (χ2v) is 11.4. The Morgan fingerprint density at radius 3 is 2.12 bits per heavy atom. The number of aryl methyl sites for hydroxylation is 1. The number of nitro groups is 1. The molecular weight excluding hydrogens is 480 g/mol. The van der Waals surface area contributed by atoms with E-state index < -0.39 is 25.1 Å². The van der Waals surface area contributed by atoms with Crippen LogP contribution in [0.2, 0.25) is 0 Å². The van der Waals surface area contributed by atoms with E-state index in [2.05, 4.69) is 4.72 Å². The van der Waals surface area contributed by atoms with Crippen LogP contribution in [0.1, 0.15) is 43.7 Å². The van der Waals surface area contributed by atoms with E-state index in [9.17, 15) is 31.5 Å². The molecule has 11 heteroatoms. The molecule has 0 saturated heterocycles. The summed E-state index contributed by atoms with van der Waals surface area (Å²) in [6, 6.07) is 13.4. The number of sulfonamides is 1. The number of benzene rings is 1. The largest absolute Gasteiger partial charge is 0.295 e. The second kappa shape index (κ2) is 10.2. The standard InChI is InChI=1S/C23H26N2O7S2/c1-16(2)17-6-12-21-18(15-23(34(30,31)32)22(21)13-7-17)5-3-4-14-24-33(28,29)20-10-8-19(9-11-20)25(26)27/h6-13,15-16,24H,3-5,14H2,1-2H3,(H,30,31,32). The van der Waals surface area contributed by atoms with Crippen molar-refractivity contribution in [2.75, 3.05) is 6.54 Å². The van der Waals surface area contributed by atoms with Gasteiger partial charge in [-0.2, -0.15) is 8.42 Å². The molecule has 0 heterocycles. The van der Waals surface area contributed by atoms with Gasteiger partial charge in [-0.3, -0.25) is 14.7 Å². The van der Waals surface area contributed by atoms with Crippen molar-refractivity contribution in [2.24, 2.45) is 0 Å². The zero-order valence-corrected chi connectivity index (χ0v) is 20.4. The van der Waals surface area contributed by atoms with Crippen LogP contribution in [0.4, 0.5) is 5.69 Å². The summed E-state index contributed by atoms with van der Waals surface area (Å²) in [6.07, 6.45) is 1.55. The quantitative estimate of drug-likeness (QED) is 0.180. The first-order valence-electron chi connectivity index (χ1n) is 10.7. The maximum absolute atomic E-state index is 12.4. The molecule has 9 nitrogen and oxygen atoms in total. The minimum absolute atomic E-state index is 0.0635. The van der Waals surface area contributed by atoms with E-state index in [1.165, 1.54) is 18.2 Å². The predicted octanol–water partition coefficient (Wildman–Crippen LogP) is 4.37. The summed E-state index contributed by atoms with van der Waals surface area (Å²) in [4.78, 5) is 9.91. The van der Waals surface area contributed by atoms with Crippen molar-refractivity contribution in [1.29, 1.82) is 0 Å². The Kier molecular flexibility index (Phi) is 7.71. The van der Waals surface area contributed by atoms with Gasteiger partial charge in [-0.25, -0.2) is 13.1 Å². The lowest BCUT2D eigenvalue weighted by Gasteiger charge is -2.07. The summed E-state index contributed by atoms with van der Waals surface area (Å²) in [5.74, 6) is 0.248. The van der Waals surface area contributed by atoms with E-state index >= 15 is 0 Å². The SMILES string of the molecule is CC(C)c1ccc2c(CCCCNS(=O)(=O)c3ccc([N+](=O)[O-])cc3)cc(S(=O)(=O)O)c-2cc1. The van der Waals surface area contributed by atoms with Crippen LogP contribution < -0.4 is 4.72 Å². The highest BCUT2D eigenvalue weighted by Crippen LogP contribution is 2.36. The molecule has 34 heavy (non-hydrogen) atoms. The first-order valence-corrected chi connectivity index (χ1v) is 13.6. The molecule has 2 N–H and O–H groups in total. The average Bonchev–Trinajstić information content (AvgIpc) is 2.96. The Hall–Kier alpha value is -2.86. The molecule has 0 bridgehead atoms. The molecule has 2 aliphatic rings. The van der Waals surface area contributed by atoms with Crippen LogP contribution >= 0.6 is 0 Å². The van der Waals surface area contributed by atoms with Gasteiger partial charge in [0.1, 0.15) is 4.90 Å². The van der Waals surface area contributed by atoms with Crippen molar-refractivity contribution in [2.45, 2.75) is 48.8 Å². The molecule has 2 aliphatic carbocycles. The minimum Gasteiger partial charge on any atom is -0.282 e. The summed E-state index contributed by atoms with van der Waals surface area (Å²) in [7, 11) is -8.20. The van der Waals surface area contributed by atoms with Crippen molar-refractivity contribution in [3.05, 3.63) is 75.8 Å². The first kappa shape index (κ1) is 25.8. The Morgan fingerprint density at radius 1 is 0.941 bits per heavy atom. The Balaban J connectivity index is 1.68. The molecule has 3 rings (SSSR count). The molecule has 0 aromatic heterocycles. The third kappa shape index (κ3) is 5.98. The Morgan fingerprint density at radius 2 is 1.56 bits per heavy atom. The fraction of sp³-hybridized carbons (Fsp3) is 0.304. The normalized spacial score (nSPS) is 12.4. The minimum atomic E-state index is -4.40. The van der Waals surface area contributed by atoms with Gasteiger partial charge in [0.25, 0.3) is 15.8 Å². The van der Waals surface area contributed by atoms with Crippen LogP contribution in [0.5, 0.6) is 0 Å². The van der Waals surface area contributed by atoms with E-state index in [0.29, 0.717) is 24.8 Å². The summed E-state index contributed by atoms with van der Waals surface area (Å²) >= 11 is 0. The molecule has 0 spiro atoms. The lowest BCUT2D eigenvalue weighted by Crippen LogP contribution is -2.24. The zero-order chi connectivity index (χ0) is 25.1. The van der Waals surface area contributed by atoms with E-state index in [1.807, 2.05) is 32.0 Å². The topological polar surface area (TPSA) is 144 Å². The number of nitrogens with one attached hydrogen (secondary N) is 1. The summed E-state index contributed by atoms with van der Waals surface area (Å²) in [6.45, 7) is 4.21. The molecule has 0 unspecified atom stereocenters. The van der Waals surface area contributed by atoms with Crippen LogP contribution in [0.3, 0.4) is 0 Å². The molecule has 0 radical (unpaired) electrons. The maximum atomic E-state index is 12.4. The Labute approximate surface area is 199 Å². The van der Waals surface area contributed by atoms with Gasteiger partial charge < -0.3 is 0 Å². The number of hydrogen-bond acceptors (Lipinski definition) is 6. The van der Waals surface area contributed by atoms with Crippen molar-refractivity contribution >= 4 is 25.8 Å². The van der Waals surface area contributed by atoms with Crippen molar-refractivity contribution in [3.63, 3.8) is 0 Å². The van der Waals surface area contributed by atoms with Gasteiger partial charge in [0.15, 0.2) is 0 Å². The van der Waals surface area contributed by atoms with E-state index in [0.717, 1.165) is 28.8 Å². The first-order chi connectivity index (χ1) is 15.9. The number of rotatable bonds is 10. The zero-order valence-electron chi connectivity index (χ0n) is 18.8. The van der Waals surface area contributed by atoms with Crippen LogP contribution in [-0.2, 0) is 26.6 Å². The summed E-state index contributed by atoms with van der Waals surface area (Å²) in [5.41, 5.74) is 2.77. The van der Waals surface area contributed by atoms with Gasteiger partial charge in [0, 0.05) is 24.2 Å². The van der Waals surface area contributed by atoms with Gasteiger partial charge >= 0.3 is 0 Å². The van der Waals surface area contributed by atoms with Crippen LogP contribution in [0.15, 0.2) is 64.4 Å². The lowest BCUT2D eigenvalue weighted by molar-refractivity contribution is -0.384. The van der Waals surface area contributed by atoms with Gasteiger partial charge in [-0.15, -0.1) is 0 Å². The molecule has 0 amide bonds. The van der Waals surface area contributed by atoms with Crippen molar-refractivity contribution in [1.82, 2.24) is 4.72 Å². The number of fused-ring (bicyclic) bond motifs is 1. The van der Waals surface area contributed by atoms with Gasteiger partial charge in [0.05, 0.1) is 9.82 Å². The Bertz CT molecular complexity index is 1370. The molecule has 1 aromatic rings. The maximum Gasteiger partial charge on any atom is 0.295 e. The van der Waals surface area contributed by atoms with Crippen LogP contribution in [-0.4, -0.2) is 32.9 Å². The third-order valence-corrected chi connectivity index (χ3v) is 7.93. The van der Waals surface area contributed by atoms with Crippen LogP contribution in [0.25, 0.3) is 11.1 Å². The summed E-state index contributed by atoms with van der Waals surface area (Å²) in [5, 5.41) is 10.7. The van der Waals surface area contributed by atoms with E-state index in [-0.39, 0.29) is 27.9 Å². The summed E-state index contributed by atoms with van der Waals surface area (Å²) < 4.78 is 60.7. The number of hydrogen-bond donors (Lipinski definition) is 2. The van der Waals surface area contributed by atoms with Crippen LogP contribution in [0, 0.1) is 10.1 Å². The van der Waals surface area contributed by atoms with Gasteiger partial charge in [-0.1, -0.05) is 38.1 Å². The molecule has 1 aromatic carbocycles. The predicted molar refractivity (Wildman–Crippen MR) is 128 cm³/mol. The molecule has 0 aliphatic heterocycles. The highest BCUT2D eigenvalue weighted by Gasteiger charge is 2.23. The second-order valence-electron chi connectivity index (χ2n) is 8.26. The highest BCUT2D eigenvalue weighted by atomic mass is 32.2. The highest BCUT2D eigenvalue weighted by molar-refractivity contribution is 7.89. The number of nitrogens with zero attached hydrogens (tertiary/aromatic N) is 1. The van der Waals surface area contributed by atoms with Crippen molar-refractivity contribution < 1.29 is 26.3 Å². The monoisotopic (exact) mass is 506 g/mol. The molecule has 0 fully saturated rings. The fourth-order valence-corrected chi connectivity index (χ4v) is 5.51. The average molecular weight is 507 g/mol. The number of nitro benzene ring substituents is 1. The van der Waals surface area contributed by atoms with E-state index in [1.54, 1.807) is 6.07 Å². The van der Waals surface area contributed by atoms with Crippen molar-refractivity contribution in [3.8, 4) is 11.1 Å². The molecule has 0 saturated carbocycles. The molecule has 0 atom stereocenters. The molecular formula is C23H26N2O7S2. The number of non-ortho nitro benzene ring substituents is 1.